The molecule has 0 spiro atoms. The molecule has 1 unspecified atom stereocenters. The largest absolute Gasteiger partial charge is 0.464 e. The fourth-order valence-electron chi connectivity index (χ4n) is 3.59. The monoisotopic (exact) mass is 392 g/mol. The van der Waals surface area contributed by atoms with Crippen LogP contribution in [0.1, 0.15) is 80.1 Å². The average Bonchev–Trinajstić information content (AvgIpc) is 2.89. The second-order valence-corrected chi connectivity index (χ2v) is 8.08. The van der Waals surface area contributed by atoms with E-state index in [-0.39, 0.29) is 17.6 Å². The van der Waals surface area contributed by atoms with Crippen molar-refractivity contribution in [3.8, 4) is 0 Å². The summed E-state index contributed by atoms with van der Waals surface area (Å²) in [5.74, 6) is -0.370. The van der Waals surface area contributed by atoms with Gasteiger partial charge in [0.1, 0.15) is 5.69 Å². The van der Waals surface area contributed by atoms with Crippen LogP contribution < -0.4 is 0 Å². The van der Waals surface area contributed by atoms with Gasteiger partial charge in [0.25, 0.3) is 0 Å². The minimum atomic E-state index is -0.593. The van der Waals surface area contributed by atoms with Crippen LogP contribution in [0, 0.1) is 25.7 Å². The van der Waals surface area contributed by atoms with E-state index in [0.717, 1.165) is 12.1 Å². The van der Waals surface area contributed by atoms with E-state index in [1.165, 1.54) is 7.11 Å². The molecule has 28 heavy (non-hydrogen) atoms. The summed E-state index contributed by atoms with van der Waals surface area (Å²) in [5.41, 5.74) is 2.27. The third-order valence-electron chi connectivity index (χ3n) is 5.28. The number of nitrogens with zero attached hydrogens (tertiary/aromatic N) is 2. The van der Waals surface area contributed by atoms with Crippen LogP contribution in [0.4, 0.5) is 0 Å². The lowest BCUT2D eigenvalue weighted by atomic mass is 9.98. The lowest BCUT2D eigenvalue weighted by molar-refractivity contribution is -0.135. The first-order valence-corrected chi connectivity index (χ1v) is 10.1. The number of aromatic nitrogens is 1. The summed E-state index contributed by atoms with van der Waals surface area (Å²) in [6.45, 7) is 16.3. The van der Waals surface area contributed by atoms with Gasteiger partial charge >= 0.3 is 5.97 Å². The molecule has 0 aromatic carbocycles. The second kappa shape index (κ2) is 9.89. The van der Waals surface area contributed by atoms with E-state index in [1.807, 2.05) is 32.3 Å². The standard InChI is InChI=1S/C22H36N2O4/c1-10-23-16(7)18(15(6)19(23)22(27)28-9)20(25)17(8)24(12-11-13(2)3)21(26)14(4)5/h13-14,17H,10-12H2,1-9H3. The van der Waals surface area contributed by atoms with Crippen LogP contribution in [0.2, 0.25) is 0 Å². The van der Waals surface area contributed by atoms with E-state index in [4.69, 9.17) is 4.74 Å². The van der Waals surface area contributed by atoms with Gasteiger partial charge in [0.05, 0.1) is 13.2 Å². The molecule has 158 valence electrons. The van der Waals surface area contributed by atoms with E-state index in [1.54, 1.807) is 18.7 Å². The van der Waals surface area contributed by atoms with Crippen molar-refractivity contribution in [3.63, 3.8) is 0 Å². The van der Waals surface area contributed by atoms with Crippen molar-refractivity contribution in [1.29, 1.82) is 0 Å². The summed E-state index contributed by atoms with van der Waals surface area (Å²) in [6, 6.07) is -0.593. The van der Waals surface area contributed by atoms with Gasteiger partial charge in [0.2, 0.25) is 5.91 Å². The summed E-state index contributed by atoms with van der Waals surface area (Å²) >= 11 is 0. The number of ether oxygens (including phenoxy) is 1. The smallest absolute Gasteiger partial charge is 0.354 e. The normalized spacial score (nSPS) is 12.4. The molecule has 1 heterocycles. The molecule has 1 rings (SSSR count). The maximum Gasteiger partial charge on any atom is 0.354 e. The highest BCUT2D eigenvalue weighted by atomic mass is 16.5. The number of hydrogen-bond donors (Lipinski definition) is 0. The number of rotatable bonds is 9. The van der Waals surface area contributed by atoms with E-state index in [0.29, 0.717) is 35.8 Å². The van der Waals surface area contributed by atoms with Crippen molar-refractivity contribution in [2.45, 2.75) is 74.4 Å². The lowest BCUT2D eigenvalue weighted by Crippen LogP contribution is -2.46. The fourth-order valence-corrected chi connectivity index (χ4v) is 3.59. The van der Waals surface area contributed by atoms with Gasteiger partial charge in [-0.15, -0.1) is 0 Å². The molecule has 0 saturated heterocycles. The Hall–Kier alpha value is -2.11. The van der Waals surface area contributed by atoms with Crippen molar-refractivity contribution >= 4 is 17.7 Å². The lowest BCUT2D eigenvalue weighted by Gasteiger charge is -2.31. The number of carbonyl (C=O) groups excluding carboxylic acids is 3. The number of amides is 1. The number of Topliss-reactive ketones (excluding diaryl/α,β-unsaturated/α-hetero) is 1. The Kier molecular flexibility index (Phi) is 8.46. The topological polar surface area (TPSA) is 68.6 Å². The Morgan fingerprint density at radius 2 is 1.64 bits per heavy atom. The zero-order chi connectivity index (χ0) is 21.8. The summed E-state index contributed by atoms with van der Waals surface area (Å²) < 4.78 is 6.72. The third-order valence-corrected chi connectivity index (χ3v) is 5.28. The highest BCUT2D eigenvalue weighted by Crippen LogP contribution is 2.26. The minimum absolute atomic E-state index is 0.0279. The summed E-state index contributed by atoms with van der Waals surface area (Å²) in [6.07, 6.45) is 0.831. The van der Waals surface area contributed by atoms with Crippen LogP contribution >= 0.6 is 0 Å². The summed E-state index contributed by atoms with van der Waals surface area (Å²) in [5, 5.41) is 0. The zero-order valence-electron chi connectivity index (χ0n) is 18.9. The number of esters is 1. The molecule has 0 saturated carbocycles. The molecule has 6 nitrogen and oxygen atoms in total. The van der Waals surface area contributed by atoms with Crippen LogP contribution in [-0.2, 0) is 16.1 Å². The maximum absolute atomic E-state index is 13.4. The van der Waals surface area contributed by atoms with E-state index >= 15 is 0 Å². The van der Waals surface area contributed by atoms with E-state index in [9.17, 15) is 14.4 Å². The van der Waals surface area contributed by atoms with Crippen LogP contribution in [0.15, 0.2) is 0 Å². The molecule has 0 N–H and O–H groups in total. The van der Waals surface area contributed by atoms with Gasteiger partial charge in [-0.2, -0.15) is 0 Å². The van der Waals surface area contributed by atoms with Crippen molar-refractivity contribution in [2.75, 3.05) is 13.7 Å². The first-order valence-electron chi connectivity index (χ1n) is 10.1. The third kappa shape index (κ3) is 4.83. The van der Waals surface area contributed by atoms with Crippen LogP contribution in [0.25, 0.3) is 0 Å². The Morgan fingerprint density at radius 3 is 2.07 bits per heavy atom. The molecule has 6 heteroatoms. The predicted molar refractivity (Wildman–Crippen MR) is 111 cm³/mol. The predicted octanol–water partition coefficient (Wildman–Crippen LogP) is 4.01. The summed E-state index contributed by atoms with van der Waals surface area (Å²) in [4.78, 5) is 40.2. The van der Waals surface area contributed by atoms with Crippen molar-refractivity contribution in [1.82, 2.24) is 9.47 Å². The highest BCUT2D eigenvalue weighted by molar-refractivity contribution is 6.06. The molecule has 1 amide bonds. The Balaban J connectivity index is 3.39. The van der Waals surface area contributed by atoms with Crippen molar-refractivity contribution in [3.05, 3.63) is 22.5 Å². The number of carbonyl (C=O) groups is 3. The zero-order valence-corrected chi connectivity index (χ0v) is 18.9. The minimum Gasteiger partial charge on any atom is -0.464 e. The first kappa shape index (κ1) is 23.9. The quantitative estimate of drug-likeness (QED) is 0.470. The molecule has 0 radical (unpaired) electrons. The van der Waals surface area contributed by atoms with Gasteiger partial charge < -0.3 is 14.2 Å². The van der Waals surface area contributed by atoms with Crippen LogP contribution in [0.3, 0.4) is 0 Å². The van der Waals surface area contributed by atoms with Crippen molar-refractivity contribution < 1.29 is 19.1 Å². The molecule has 1 aromatic heterocycles. The Labute approximate surface area is 169 Å². The number of hydrogen-bond acceptors (Lipinski definition) is 4. The van der Waals surface area contributed by atoms with Gasteiger partial charge in [-0.05, 0) is 45.6 Å². The molecule has 0 aliphatic heterocycles. The van der Waals surface area contributed by atoms with E-state index < -0.39 is 12.0 Å². The second-order valence-electron chi connectivity index (χ2n) is 8.08. The average molecular weight is 393 g/mol. The number of ketones is 1. The van der Waals surface area contributed by atoms with Gasteiger partial charge in [0.15, 0.2) is 5.78 Å². The highest BCUT2D eigenvalue weighted by Gasteiger charge is 2.33. The van der Waals surface area contributed by atoms with Crippen LogP contribution in [-0.4, -0.2) is 46.8 Å². The summed E-state index contributed by atoms with van der Waals surface area (Å²) in [7, 11) is 1.34. The molecule has 0 aliphatic rings. The molecule has 0 aliphatic carbocycles. The molecule has 1 atom stereocenters. The Bertz CT molecular complexity index is 731. The molecular formula is C22H36N2O4. The SMILES string of the molecule is CCn1c(C)c(C(=O)C(C)N(CCC(C)C)C(=O)C(C)C)c(C)c1C(=O)OC. The molecule has 1 aromatic rings. The molecule has 0 bridgehead atoms. The van der Waals surface area contributed by atoms with Gasteiger partial charge in [-0.25, -0.2) is 4.79 Å². The Morgan fingerprint density at radius 1 is 1.07 bits per heavy atom. The van der Waals surface area contributed by atoms with Gasteiger partial charge in [-0.3, -0.25) is 9.59 Å². The maximum atomic E-state index is 13.4. The van der Waals surface area contributed by atoms with Gasteiger partial charge in [-0.1, -0.05) is 27.7 Å². The van der Waals surface area contributed by atoms with Gasteiger partial charge in [0, 0.05) is 30.3 Å². The van der Waals surface area contributed by atoms with E-state index in [2.05, 4.69) is 13.8 Å². The fraction of sp³-hybridized carbons (Fsp3) is 0.682. The first-order chi connectivity index (χ1) is 13.0. The number of methoxy groups -OCH3 is 1. The molecular weight excluding hydrogens is 356 g/mol. The van der Waals surface area contributed by atoms with Crippen LogP contribution in [0.5, 0.6) is 0 Å². The van der Waals surface area contributed by atoms with Crippen molar-refractivity contribution in [2.24, 2.45) is 11.8 Å². The molecule has 0 fully saturated rings.